The number of amides is 1. The van der Waals surface area contributed by atoms with Crippen molar-refractivity contribution < 1.29 is 9.32 Å². The molecule has 4 nitrogen and oxygen atoms in total. The van der Waals surface area contributed by atoms with Crippen molar-refractivity contribution in [2.45, 2.75) is 63.5 Å². The summed E-state index contributed by atoms with van der Waals surface area (Å²) in [5.41, 5.74) is 0.384. The number of nitrogens with zero attached hydrogens (tertiary/aromatic N) is 2. The van der Waals surface area contributed by atoms with Gasteiger partial charge in [-0.1, -0.05) is 11.2 Å². The first kappa shape index (κ1) is 14.9. The molecular weight excluding hydrogens is 308 g/mol. The molecule has 2 atom stereocenters. The molecule has 1 aliphatic carbocycles. The number of carbonyl (C=O) groups is 1. The highest BCUT2D eigenvalue weighted by atomic mass is 32.1. The SMILES string of the molecule is CC1CCCC(C)N1C(=O)C1(c2cc(-c3cccs3)on2)CC1. The maximum atomic E-state index is 13.2. The summed E-state index contributed by atoms with van der Waals surface area (Å²) >= 11 is 1.63. The third-order valence-electron chi connectivity index (χ3n) is 5.35. The molecule has 1 saturated carbocycles. The lowest BCUT2D eigenvalue weighted by molar-refractivity contribution is -0.140. The van der Waals surface area contributed by atoms with Gasteiger partial charge in [-0.05, 0) is 57.4 Å². The average Bonchev–Trinajstić information content (AvgIpc) is 2.97. The van der Waals surface area contributed by atoms with Crippen LogP contribution in [-0.2, 0) is 10.2 Å². The van der Waals surface area contributed by atoms with E-state index in [0.717, 1.165) is 42.0 Å². The van der Waals surface area contributed by atoms with Crippen molar-refractivity contribution in [3.8, 4) is 10.6 Å². The first-order valence-electron chi connectivity index (χ1n) is 8.46. The van der Waals surface area contributed by atoms with Gasteiger partial charge in [0.15, 0.2) is 5.76 Å². The van der Waals surface area contributed by atoms with E-state index in [2.05, 4.69) is 23.9 Å². The van der Waals surface area contributed by atoms with Gasteiger partial charge in [-0.3, -0.25) is 4.79 Å². The highest BCUT2D eigenvalue weighted by Crippen LogP contribution is 2.51. The van der Waals surface area contributed by atoms with Crippen LogP contribution in [0.1, 0.15) is 51.6 Å². The van der Waals surface area contributed by atoms with E-state index >= 15 is 0 Å². The molecule has 2 unspecified atom stereocenters. The van der Waals surface area contributed by atoms with Crippen LogP contribution < -0.4 is 0 Å². The smallest absolute Gasteiger partial charge is 0.235 e. The van der Waals surface area contributed by atoms with Gasteiger partial charge in [-0.2, -0.15) is 0 Å². The van der Waals surface area contributed by atoms with E-state index in [0.29, 0.717) is 12.1 Å². The van der Waals surface area contributed by atoms with Crippen molar-refractivity contribution in [2.24, 2.45) is 0 Å². The third-order valence-corrected chi connectivity index (χ3v) is 6.24. The monoisotopic (exact) mass is 330 g/mol. The Labute approximate surface area is 140 Å². The van der Waals surface area contributed by atoms with E-state index in [1.807, 2.05) is 23.6 Å². The number of hydrogen-bond donors (Lipinski definition) is 0. The Morgan fingerprint density at radius 3 is 2.70 bits per heavy atom. The first-order valence-corrected chi connectivity index (χ1v) is 9.33. The van der Waals surface area contributed by atoms with E-state index in [1.165, 1.54) is 6.42 Å². The second kappa shape index (κ2) is 5.48. The summed E-state index contributed by atoms with van der Waals surface area (Å²) in [6, 6.07) is 6.64. The maximum Gasteiger partial charge on any atom is 0.235 e. The molecular formula is C18H22N2O2S. The predicted molar refractivity (Wildman–Crippen MR) is 90.3 cm³/mol. The van der Waals surface area contributed by atoms with Crippen LogP contribution in [0.15, 0.2) is 28.1 Å². The van der Waals surface area contributed by atoms with E-state index in [-0.39, 0.29) is 5.91 Å². The van der Waals surface area contributed by atoms with Crippen LogP contribution in [0.3, 0.4) is 0 Å². The lowest BCUT2D eigenvalue weighted by atomic mass is 9.92. The number of carbonyl (C=O) groups excluding carboxylic acids is 1. The topological polar surface area (TPSA) is 46.3 Å². The van der Waals surface area contributed by atoms with Gasteiger partial charge in [0.2, 0.25) is 5.91 Å². The molecule has 2 fully saturated rings. The number of piperidine rings is 1. The lowest BCUT2D eigenvalue weighted by Crippen LogP contribution is -2.51. The summed E-state index contributed by atoms with van der Waals surface area (Å²) in [5, 5.41) is 6.28. The van der Waals surface area contributed by atoms with Gasteiger partial charge in [-0.25, -0.2) is 0 Å². The molecule has 0 aromatic carbocycles. The van der Waals surface area contributed by atoms with Crippen molar-refractivity contribution >= 4 is 17.2 Å². The minimum atomic E-state index is -0.432. The van der Waals surface area contributed by atoms with Crippen molar-refractivity contribution in [3.63, 3.8) is 0 Å². The van der Waals surface area contributed by atoms with Crippen LogP contribution in [-0.4, -0.2) is 28.0 Å². The average molecular weight is 330 g/mol. The van der Waals surface area contributed by atoms with Gasteiger partial charge in [0.25, 0.3) is 0 Å². The molecule has 2 aromatic heterocycles. The van der Waals surface area contributed by atoms with Gasteiger partial charge in [0, 0.05) is 18.2 Å². The molecule has 2 aliphatic rings. The van der Waals surface area contributed by atoms with Gasteiger partial charge in [0.1, 0.15) is 0 Å². The van der Waals surface area contributed by atoms with Crippen LogP contribution in [0.5, 0.6) is 0 Å². The minimum absolute atomic E-state index is 0.253. The number of thiophene rings is 1. The summed E-state index contributed by atoms with van der Waals surface area (Å²) in [4.78, 5) is 16.4. The second-order valence-electron chi connectivity index (χ2n) is 6.98. The van der Waals surface area contributed by atoms with Crippen LogP contribution in [0, 0.1) is 0 Å². The zero-order chi connectivity index (χ0) is 16.0. The molecule has 0 radical (unpaired) electrons. The fourth-order valence-corrected chi connectivity index (χ4v) is 4.48. The standard InChI is InChI=1S/C18H22N2O2S/c1-12-5-3-6-13(2)20(12)17(21)18(8-9-18)16-11-14(22-19-16)15-7-4-10-23-15/h4,7,10-13H,3,5-6,8-9H2,1-2H3. The van der Waals surface area contributed by atoms with Crippen molar-refractivity contribution in [2.75, 3.05) is 0 Å². The van der Waals surface area contributed by atoms with Gasteiger partial charge in [0.05, 0.1) is 16.0 Å². The third kappa shape index (κ3) is 2.42. The fraction of sp³-hybridized carbons (Fsp3) is 0.556. The highest BCUT2D eigenvalue weighted by Gasteiger charge is 2.56. The second-order valence-corrected chi connectivity index (χ2v) is 7.92. The molecule has 23 heavy (non-hydrogen) atoms. The molecule has 3 heterocycles. The van der Waals surface area contributed by atoms with Gasteiger partial charge >= 0.3 is 0 Å². The molecule has 1 amide bonds. The maximum absolute atomic E-state index is 13.2. The minimum Gasteiger partial charge on any atom is -0.355 e. The van der Waals surface area contributed by atoms with Crippen LogP contribution in [0.25, 0.3) is 10.6 Å². The van der Waals surface area contributed by atoms with Crippen LogP contribution >= 0.6 is 11.3 Å². The normalized spacial score (nSPS) is 26.3. The highest BCUT2D eigenvalue weighted by molar-refractivity contribution is 7.13. The molecule has 0 bridgehead atoms. The zero-order valence-corrected chi connectivity index (χ0v) is 14.4. The summed E-state index contributed by atoms with van der Waals surface area (Å²) in [6.07, 6.45) is 5.19. The van der Waals surface area contributed by atoms with E-state index < -0.39 is 5.41 Å². The van der Waals surface area contributed by atoms with Crippen molar-refractivity contribution in [1.82, 2.24) is 10.1 Å². The Morgan fingerprint density at radius 2 is 2.09 bits per heavy atom. The van der Waals surface area contributed by atoms with Crippen LogP contribution in [0.4, 0.5) is 0 Å². The summed E-state index contributed by atoms with van der Waals surface area (Å²) < 4.78 is 5.52. The summed E-state index contributed by atoms with van der Waals surface area (Å²) in [7, 11) is 0. The lowest BCUT2D eigenvalue weighted by Gasteiger charge is -2.40. The predicted octanol–water partition coefficient (Wildman–Crippen LogP) is 4.22. The Kier molecular flexibility index (Phi) is 3.56. The molecule has 1 aliphatic heterocycles. The Balaban J connectivity index is 1.62. The number of rotatable bonds is 3. The van der Waals surface area contributed by atoms with E-state index in [1.54, 1.807) is 11.3 Å². The van der Waals surface area contributed by atoms with Crippen molar-refractivity contribution in [3.05, 3.63) is 29.3 Å². The van der Waals surface area contributed by atoms with Crippen LogP contribution in [0.2, 0.25) is 0 Å². The number of hydrogen-bond acceptors (Lipinski definition) is 4. The van der Waals surface area contributed by atoms with E-state index in [4.69, 9.17) is 4.52 Å². The molecule has 2 aromatic rings. The molecule has 0 spiro atoms. The summed E-state index contributed by atoms with van der Waals surface area (Å²) in [5.74, 6) is 1.03. The Morgan fingerprint density at radius 1 is 1.35 bits per heavy atom. The summed E-state index contributed by atoms with van der Waals surface area (Å²) in [6.45, 7) is 4.34. The zero-order valence-electron chi connectivity index (χ0n) is 13.6. The molecule has 5 heteroatoms. The van der Waals surface area contributed by atoms with Gasteiger partial charge in [-0.15, -0.1) is 11.3 Å². The molecule has 4 rings (SSSR count). The number of aromatic nitrogens is 1. The Hall–Kier alpha value is -1.62. The number of likely N-dealkylation sites (tertiary alicyclic amines) is 1. The molecule has 1 saturated heterocycles. The largest absolute Gasteiger partial charge is 0.355 e. The van der Waals surface area contributed by atoms with E-state index in [9.17, 15) is 4.79 Å². The van der Waals surface area contributed by atoms with Gasteiger partial charge < -0.3 is 9.42 Å². The Bertz CT molecular complexity index is 692. The quantitative estimate of drug-likeness (QED) is 0.846. The molecule has 122 valence electrons. The molecule has 0 N–H and O–H groups in total. The van der Waals surface area contributed by atoms with Crippen molar-refractivity contribution in [1.29, 1.82) is 0 Å². The fourth-order valence-electron chi connectivity index (χ4n) is 3.81. The first-order chi connectivity index (χ1) is 11.1.